The number of amides is 2. The number of hydrogen-bond donors (Lipinski definition) is 4. The third-order valence-corrected chi connectivity index (χ3v) is 4.89. The first-order chi connectivity index (χ1) is 10.2. The molecule has 0 fully saturated rings. The summed E-state index contributed by atoms with van der Waals surface area (Å²) in [6.45, 7) is 2.51. The van der Waals surface area contributed by atoms with Crippen LogP contribution < -0.4 is 10.6 Å². The molecule has 0 saturated carbocycles. The molecule has 126 valence electrons. The van der Waals surface area contributed by atoms with Crippen LogP contribution in [-0.4, -0.2) is 57.6 Å². The molecule has 0 bridgehead atoms. The molecule has 1 unspecified atom stereocenters. The van der Waals surface area contributed by atoms with Crippen LogP contribution in [0.2, 0.25) is 0 Å². The summed E-state index contributed by atoms with van der Waals surface area (Å²) < 4.78 is 0. The van der Waals surface area contributed by atoms with Gasteiger partial charge in [0.2, 0.25) is 11.8 Å². The molecule has 2 amide bonds. The second-order valence-corrected chi connectivity index (χ2v) is 7.11. The Balaban J connectivity index is 3.91. The van der Waals surface area contributed by atoms with Crippen molar-refractivity contribution in [1.29, 1.82) is 0 Å². The van der Waals surface area contributed by atoms with Crippen LogP contribution in [0.15, 0.2) is 0 Å². The van der Waals surface area contributed by atoms with E-state index < -0.39 is 35.8 Å². The molecule has 0 aliphatic rings. The van der Waals surface area contributed by atoms with Crippen molar-refractivity contribution in [1.82, 2.24) is 10.6 Å². The number of carbonyl (C=O) groups excluding carboxylic acids is 2. The zero-order valence-electron chi connectivity index (χ0n) is 12.3. The van der Waals surface area contributed by atoms with Gasteiger partial charge in [-0.1, -0.05) is 21.6 Å². The smallest absolute Gasteiger partial charge is 0.326 e. The SMILES string of the molecule is CC(=O)NC(CCSSCC[C@H](NC(C)=O)C(=O)O)C(=O)O. The van der Waals surface area contributed by atoms with Gasteiger partial charge in [-0.2, -0.15) is 0 Å². The summed E-state index contributed by atoms with van der Waals surface area (Å²) in [5.74, 6) is -1.97. The average molecular weight is 352 g/mol. The Bertz CT molecular complexity index is 380. The second-order valence-electron chi connectivity index (χ2n) is 4.40. The highest BCUT2D eigenvalue weighted by Crippen LogP contribution is 2.23. The largest absolute Gasteiger partial charge is 0.480 e. The van der Waals surface area contributed by atoms with Crippen LogP contribution in [-0.2, 0) is 19.2 Å². The van der Waals surface area contributed by atoms with Crippen LogP contribution in [0.5, 0.6) is 0 Å². The zero-order chi connectivity index (χ0) is 17.1. The molecule has 0 saturated heterocycles. The Labute approximate surface area is 136 Å². The topological polar surface area (TPSA) is 133 Å². The highest BCUT2D eigenvalue weighted by molar-refractivity contribution is 8.76. The van der Waals surface area contributed by atoms with Gasteiger partial charge in [-0.3, -0.25) is 9.59 Å². The van der Waals surface area contributed by atoms with Crippen LogP contribution in [0.4, 0.5) is 0 Å². The summed E-state index contributed by atoms with van der Waals surface area (Å²) in [5.41, 5.74) is 0. The maximum absolute atomic E-state index is 10.9. The molecular weight excluding hydrogens is 332 g/mol. The first-order valence-electron chi connectivity index (χ1n) is 6.48. The fourth-order valence-corrected chi connectivity index (χ4v) is 3.64. The van der Waals surface area contributed by atoms with E-state index in [1.54, 1.807) is 0 Å². The van der Waals surface area contributed by atoms with Gasteiger partial charge in [-0.15, -0.1) is 0 Å². The molecule has 0 spiro atoms. The van der Waals surface area contributed by atoms with Crippen LogP contribution >= 0.6 is 21.6 Å². The molecule has 0 heterocycles. The van der Waals surface area contributed by atoms with Gasteiger partial charge in [0, 0.05) is 25.4 Å². The molecule has 2 atom stereocenters. The number of rotatable bonds is 11. The Hall–Kier alpha value is -1.42. The van der Waals surface area contributed by atoms with Crippen molar-refractivity contribution in [2.75, 3.05) is 11.5 Å². The lowest BCUT2D eigenvalue weighted by Crippen LogP contribution is -2.40. The third kappa shape index (κ3) is 10.3. The Morgan fingerprint density at radius 2 is 1.14 bits per heavy atom. The van der Waals surface area contributed by atoms with Crippen molar-refractivity contribution in [3.8, 4) is 0 Å². The van der Waals surface area contributed by atoms with Crippen molar-refractivity contribution in [2.24, 2.45) is 0 Å². The van der Waals surface area contributed by atoms with Gasteiger partial charge in [0.25, 0.3) is 0 Å². The molecule has 0 radical (unpaired) electrons. The normalized spacial score (nSPS) is 13.0. The van der Waals surface area contributed by atoms with Crippen molar-refractivity contribution < 1.29 is 29.4 Å². The quantitative estimate of drug-likeness (QED) is 0.309. The minimum Gasteiger partial charge on any atom is -0.480 e. The van der Waals surface area contributed by atoms with E-state index in [-0.39, 0.29) is 12.8 Å². The van der Waals surface area contributed by atoms with Gasteiger partial charge >= 0.3 is 11.9 Å². The molecule has 8 nitrogen and oxygen atoms in total. The van der Waals surface area contributed by atoms with Crippen LogP contribution in [0.25, 0.3) is 0 Å². The summed E-state index contributed by atoms with van der Waals surface area (Å²) in [5, 5.41) is 22.5. The van der Waals surface area contributed by atoms with E-state index in [2.05, 4.69) is 10.6 Å². The highest BCUT2D eigenvalue weighted by Gasteiger charge is 2.19. The lowest BCUT2D eigenvalue weighted by atomic mass is 10.2. The first kappa shape index (κ1) is 20.6. The Morgan fingerprint density at radius 3 is 1.36 bits per heavy atom. The van der Waals surface area contributed by atoms with Crippen molar-refractivity contribution >= 4 is 45.3 Å². The minimum absolute atomic E-state index is 0.278. The Kier molecular flexibility index (Phi) is 10.5. The van der Waals surface area contributed by atoms with E-state index in [1.807, 2.05) is 0 Å². The highest BCUT2D eigenvalue weighted by atomic mass is 33.1. The molecule has 4 N–H and O–H groups in total. The fourth-order valence-electron chi connectivity index (χ4n) is 1.46. The molecule has 0 rings (SSSR count). The van der Waals surface area contributed by atoms with Gasteiger partial charge in [0.1, 0.15) is 12.1 Å². The van der Waals surface area contributed by atoms with E-state index in [1.165, 1.54) is 35.4 Å². The fraction of sp³-hybridized carbons (Fsp3) is 0.667. The minimum atomic E-state index is -1.09. The predicted octanol–water partition coefficient (Wildman–Crippen LogP) is 0.327. The zero-order valence-corrected chi connectivity index (χ0v) is 14.0. The van der Waals surface area contributed by atoms with E-state index in [0.29, 0.717) is 11.5 Å². The lowest BCUT2D eigenvalue weighted by Gasteiger charge is -2.13. The van der Waals surface area contributed by atoms with Crippen molar-refractivity contribution in [3.05, 3.63) is 0 Å². The molecule has 0 aliphatic heterocycles. The van der Waals surface area contributed by atoms with Gasteiger partial charge in [0.05, 0.1) is 0 Å². The number of nitrogens with one attached hydrogen (secondary N) is 2. The molecule has 22 heavy (non-hydrogen) atoms. The molecule has 0 aliphatic carbocycles. The van der Waals surface area contributed by atoms with Crippen LogP contribution in [0.3, 0.4) is 0 Å². The standard InChI is InChI=1S/C12H20N2O6S2/c1-7(15)13-9(11(17)18)3-5-21-22-6-4-10(12(19)20)14-8(2)16/h9-10H,3-6H2,1-2H3,(H,13,15)(H,14,16)(H,17,18)(H,19,20)/t9-,10?/m0/s1. The van der Waals surface area contributed by atoms with Crippen molar-refractivity contribution in [2.45, 2.75) is 38.8 Å². The van der Waals surface area contributed by atoms with Crippen LogP contribution in [0.1, 0.15) is 26.7 Å². The van der Waals surface area contributed by atoms with E-state index in [4.69, 9.17) is 10.2 Å². The Morgan fingerprint density at radius 1 is 0.818 bits per heavy atom. The lowest BCUT2D eigenvalue weighted by molar-refractivity contribution is -0.142. The maximum atomic E-state index is 10.9. The van der Waals surface area contributed by atoms with Gasteiger partial charge in [0.15, 0.2) is 0 Å². The van der Waals surface area contributed by atoms with Gasteiger partial charge in [-0.05, 0) is 12.8 Å². The third-order valence-electron chi connectivity index (χ3n) is 2.41. The molecule has 0 aromatic rings. The summed E-state index contributed by atoms with van der Waals surface area (Å²) >= 11 is 0. The molecule has 10 heteroatoms. The van der Waals surface area contributed by atoms with E-state index in [0.717, 1.165) is 0 Å². The predicted molar refractivity (Wildman–Crippen MR) is 84.6 cm³/mol. The number of carboxylic acid groups (broad SMARTS) is 2. The molecule has 0 aromatic carbocycles. The number of aliphatic carboxylic acids is 2. The van der Waals surface area contributed by atoms with Crippen LogP contribution in [0, 0.1) is 0 Å². The van der Waals surface area contributed by atoms with E-state index in [9.17, 15) is 19.2 Å². The summed E-state index contributed by atoms with van der Waals surface area (Å²) in [6.07, 6.45) is 0.557. The molecule has 0 aromatic heterocycles. The van der Waals surface area contributed by atoms with Gasteiger partial charge < -0.3 is 20.8 Å². The summed E-state index contributed by atoms with van der Waals surface area (Å²) in [7, 11) is 2.79. The number of carboxylic acids is 2. The number of hydrogen-bond acceptors (Lipinski definition) is 6. The maximum Gasteiger partial charge on any atom is 0.326 e. The number of carbonyl (C=O) groups is 4. The summed E-state index contributed by atoms with van der Waals surface area (Å²) in [4.78, 5) is 43.5. The monoisotopic (exact) mass is 352 g/mol. The summed E-state index contributed by atoms with van der Waals surface area (Å²) in [6, 6.07) is -1.84. The van der Waals surface area contributed by atoms with Crippen molar-refractivity contribution in [3.63, 3.8) is 0 Å². The average Bonchev–Trinajstić information content (AvgIpc) is 2.38. The van der Waals surface area contributed by atoms with Gasteiger partial charge in [-0.25, -0.2) is 9.59 Å². The first-order valence-corrected chi connectivity index (χ1v) is 8.97. The van der Waals surface area contributed by atoms with E-state index >= 15 is 0 Å². The second kappa shape index (κ2) is 11.2. The molecular formula is C12H20N2O6S2.